The molecule has 0 saturated heterocycles. The van der Waals surface area contributed by atoms with Crippen LogP contribution in [-0.2, 0) is 16.4 Å². The number of thiazole rings is 1. The number of hydrogen-bond acceptors (Lipinski definition) is 5. The Morgan fingerprint density at radius 2 is 1.88 bits per heavy atom. The van der Waals surface area contributed by atoms with Gasteiger partial charge in [-0.3, -0.25) is 0 Å². The predicted octanol–water partition coefficient (Wildman–Crippen LogP) is 3.94. The molecule has 0 radical (unpaired) electrons. The molecule has 4 nitrogen and oxygen atoms in total. The summed E-state index contributed by atoms with van der Waals surface area (Å²) in [5, 5.41) is 5.22. The van der Waals surface area contributed by atoms with Crippen molar-refractivity contribution in [2.45, 2.75) is 13.3 Å². The first kappa shape index (κ1) is 17.3. The molecular weight excluding hydrogens is 360 g/mol. The topological polar surface area (TPSA) is 59.1 Å². The van der Waals surface area contributed by atoms with E-state index in [1.807, 2.05) is 24.3 Å². The molecular formula is C17H18N2O2S3. The van der Waals surface area contributed by atoms with Gasteiger partial charge < -0.3 is 0 Å². The number of rotatable bonds is 6. The van der Waals surface area contributed by atoms with Crippen molar-refractivity contribution in [2.75, 3.05) is 12.8 Å². The Morgan fingerprint density at radius 3 is 2.50 bits per heavy atom. The maximum absolute atomic E-state index is 11.1. The molecule has 0 amide bonds. The van der Waals surface area contributed by atoms with Crippen molar-refractivity contribution in [3.05, 3.63) is 52.2 Å². The zero-order chi connectivity index (χ0) is 17.2. The van der Waals surface area contributed by atoms with Crippen molar-refractivity contribution in [3.63, 3.8) is 0 Å². The Bertz CT molecular complexity index is 925. The van der Waals surface area contributed by atoms with Crippen LogP contribution in [0.3, 0.4) is 0 Å². The minimum atomic E-state index is -3.13. The summed E-state index contributed by atoms with van der Waals surface area (Å²) in [5.74, 6) is 0. The zero-order valence-electron chi connectivity index (χ0n) is 13.4. The van der Waals surface area contributed by atoms with Crippen LogP contribution < -0.4 is 4.72 Å². The molecule has 0 spiro atoms. The van der Waals surface area contributed by atoms with E-state index in [1.165, 1.54) is 16.7 Å². The fraction of sp³-hybridized carbons (Fsp3) is 0.235. The minimum absolute atomic E-state index is 0.413. The first-order valence-electron chi connectivity index (χ1n) is 7.46. The van der Waals surface area contributed by atoms with Crippen LogP contribution in [0.25, 0.3) is 21.1 Å². The van der Waals surface area contributed by atoms with Crippen LogP contribution in [0.4, 0.5) is 0 Å². The van der Waals surface area contributed by atoms with E-state index in [2.05, 4.69) is 28.5 Å². The highest BCUT2D eigenvalue weighted by atomic mass is 32.2. The van der Waals surface area contributed by atoms with Crippen molar-refractivity contribution in [2.24, 2.45) is 0 Å². The lowest BCUT2D eigenvalue weighted by molar-refractivity contribution is 0.588. The number of nitrogens with zero attached hydrogens (tertiary/aromatic N) is 1. The molecule has 1 N–H and O–H groups in total. The maximum atomic E-state index is 11.1. The van der Waals surface area contributed by atoms with Crippen molar-refractivity contribution < 1.29 is 8.42 Å². The molecule has 2 aromatic heterocycles. The van der Waals surface area contributed by atoms with Crippen LogP contribution in [0.2, 0.25) is 0 Å². The van der Waals surface area contributed by atoms with Crippen molar-refractivity contribution in [1.82, 2.24) is 9.71 Å². The molecule has 3 rings (SSSR count). The van der Waals surface area contributed by atoms with E-state index in [0.29, 0.717) is 13.0 Å². The van der Waals surface area contributed by atoms with Gasteiger partial charge in [-0.15, -0.1) is 22.7 Å². The summed E-state index contributed by atoms with van der Waals surface area (Å²) < 4.78 is 24.6. The van der Waals surface area contributed by atoms with E-state index in [9.17, 15) is 8.42 Å². The lowest BCUT2D eigenvalue weighted by Gasteiger charge is -2.04. The smallest absolute Gasteiger partial charge is 0.208 e. The molecule has 0 bridgehead atoms. The lowest BCUT2D eigenvalue weighted by Crippen LogP contribution is -2.24. The Morgan fingerprint density at radius 1 is 1.12 bits per heavy atom. The molecule has 2 heterocycles. The highest BCUT2D eigenvalue weighted by molar-refractivity contribution is 7.88. The number of aryl methyl sites for hydroxylation is 1. The maximum Gasteiger partial charge on any atom is 0.208 e. The summed E-state index contributed by atoms with van der Waals surface area (Å²) in [6, 6.07) is 10.2. The highest BCUT2D eigenvalue weighted by Crippen LogP contribution is 2.34. The summed E-state index contributed by atoms with van der Waals surface area (Å²) in [6.07, 6.45) is 1.84. The number of benzene rings is 1. The van der Waals surface area contributed by atoms with Crippen LogP contribution in [0.15, 0.2) is 41.1 Å². The summed E-state index contributed by atoms with van der Waals surface area (Å²) >= 11 is 3.38. The van der Waals surface area contributed by atoms with Gasteiger partial charge in [-0.25, -0.2) is 18.1 Å². The minimum Gasteiger partial charge on any atom is -0.235 e. The number of sulfonamides is 1. The molecule has 126 valence electrons. The Kier molecular flexibility index (Phi) is 5.15. The van der Waals surface area contributed by atoms with Gasteiger partial charge in [0, 0.05) is 17.5 Å². The SMILES string of the molecule is Cc1ccsc1-c1nc(-c2ccc(CCNS(C)(=O)=O)cc2)cs1. The molecule has 24 heavy (non-hydrogen) atoms. The van der Waals surface area contributed by atoms with Gasteiger partial charge in [-0.1, -0.05) is 24.3 Å². The molecule has 1 aromatic carbocycles. The van der Waals surface area contributed by atoms with Gasteiger partial charge in [0.05, 0.1) is 16.8 Å². The van der Waals surface area contributed by atoms with Gasteiger partial charge in [-0.05, 0) is 35.9 Å². The molecule has 0 aliphatic rings. The molecule has 0 atom stereocenters. The van der Waals surface area contributed by atoms with Crippen LogP contribution in [0, 0.1) is 6.92 Å². The molecule has 0 saturated carbocycles. The second kappa shape index (κ2) is 7.14. The molecule has 7 heteroatoms. The molecule has 3 aromatic rings. The molecule has 0 aliphatic heterocycles. The van der Waals surface area contributed by atoms with Crippen molar-refractivity contribution >= 4 is 32.7 Å². The second-order valence-electron chi connectivity index (χ2n) is 5.58. The third kappa shape index (κ3) is 4.30. The van der Waals surface area contributed by atoms with Crippen molar-refractivity contribution in [3.8, 4) is 21.1 Å². The summed E-state index contributed by atoms with van der Waals surface area (Å²) in [7, 11) is -3.13. The number of hydrogen-bond donors (Lipinski definition) is 1. The Labute approximate surface area is 150 Å². The Balaban J connectivity index is 1.70. The molecule has 0 fully saturated rings. The third-order valence-corrected chi connectivity index (χ3v) is 6.33. The highest BCUT2D eigenvalue weighted by Gasteiger charge is 2.10. The fourth-order valence-electron chi connectivity index (χ4n) is 2.33. The number of nitrogens with one attached hydrogen (secondary N) is 1. The van der Waals surface area contributed by atoms with Gasteiger partial charge in [0.15, 0.2) is 0 Å². The van der Waals surface area contributed by atoms with Crippen LogP contribution in [-0.4, -0.2) is 26.2 Å². The quantitative estimate of drug-likeness (QED) is 0.707. The third-order valence-electron chi connectivity index (χ3n) is 3.59. The van der Waals surface area contributed by atoms with E-state index in [-0.39, 0.29) is 0 Å². The van der Waals surface area contributed by atoms with Gasteiger partial charge >= 0.3 is 0 Å². The van der Waals surface area contributed by atoms with Gasteiger partial charge in [0.25, 0.3) is 0 Å². The fourth-order valence-corrected chi connectivity index (χ4v) is 4.73. The van der Waals surface area contributed by atoms with E-state index in [1.54, 1.807) is 22.7 Å². The normalized spacial score (nSPS) is 11.8. The summed E-state index contributed by atoms with van der Waals surface area (Å²) in [4.78, 5) is 5.98. The van der Waals surface area contributed by atoms with Crippen molar-refractivity contribution in [1.29, 1.82) is 0 Å². The van der Waals surface area contributed by atoms with Gasteiger partial charge in [0.2, 0.25) is 10.0 Å². The average molecular weight is 379 g/mol. The largest absolute Gasteiger partial charge is 0.235 e. The lowest BCUT2D eigenvalue weighted by atomic mass is 10.1. The predicted molar refractivity (Wildman–Crippen MR) is 102 cm³/mol. The first-order valence-corrected chi connectivity index (χ1v) is 11.1. The Hall–Kier alpha value is -1.54. The monoisotopic (exact) mass is 378 g/mol. The summed E-state index contributed by atoms with van der Waals surface area (Å²) in [5.41, 5.74) is 4.41. The van der Waals surface area contributed by atoms with E-state index >= 15 is 0 Å². The van der Waals surface area contributed by atoms with E-state index < -0.39 is 10.0 Å². The number of aromatic nitrogens is 1. The van der Waals surface area contributed by atoms with Crippen LogP contribution >= 0.6 is 22.7 Å². The second-order valence-corrected chi connectivity index (χ2v) is 9.19. The van der Waals surface area contributed by atoms with Gasteiger partial charge in [-0.2, -0.15) is 0 Å². The first-order chi connectivity index (χ1) is 11.4. The molecule has 0 aliphatic carbocycles. The van der Waals surface area contributed by atoms with E-state index in [0.717, 1.165) is 21.8 Å². The summed E-state index contributed by atoms with van der Waals surface area (Å²) in [6.45, 7) is 2.52. The van der Waals surface area contributed by atoms with E-state index in [4.69, 9.17) is 4.98 Å². The van der Waals surface area contributed by atoms with Crippen LogP contribution in [0.1, 0.15) is 11.1 Å². The standard InChI is InChI=1S/C17H18N2O2S3/c1-12-8-10-22-16(12)17-19-15(11-23-17)14-5-3-13(4-6-14)7-9-18-24(2,20)21/h3-6,8,10-11,18H,7,9H2,1-2H3. The molecule has 0 unspecified atom stereocenters. The zero-order valence-corrected chi connectivity index (χ0v) is 15.9. The van der Waals surface area contributed by atoms with Gasteiger partial charge in [0.1, 0.15) is 5.01 Å². The average Bonchev–Trinajstić information content (AvgIpc) is 3.15. The van der Waals surface area contributed by atoms with Crippen LogP contribution in [0.5, 0.6) is 0 Å². The number of thiophene rings is 1.